The van der Waals surface area contributed by atoms with Gasteiger partial charge in [-0.15, -0.1) is 10.2 Å². The van der Waals surface area contributed by atoms with Crippen molar-refractivity contribution in [3.63, 3.8) is 0 Å². The Kier molecular flexibility index (Phi) is 5.68. The summed E-state index contributed by atoms with van der Waals surface area (Å²) in [6, 6.07) is -1.25. The molecule has 2 N–H and O–H groups in total. The Morgan fingerprint density at radius 1 is 1.38 bits per heavy atom. The fraction of sp³-hybridized carbons (Fsp3) is 0.538. The molecule has 0 spiro atoms. The van der Waals surface area contributed by atoms with Crippen molar-refractivity contribution in [1.82, 2.24) is 20.6 Å². The number of carbonyl (C=O) groups is 4. The van der Waals surface area contributed by atoms with E-state index in [4.69, 9.17) is 9.57 Å². The molecule has 2 atom stereocenters. The van der Waals surface area contributed by atoms with Crippen LogP contribution in [0.1, 0.15) is 17.8 Å². The molecule has 3 heterocycles. The number of thioether (sulfide) groups is 1. The molecule has 1 aromatic rings. The van der Waals surface area contributed by atoms with Crippen molar-refractivity contribution in [3.05, 3.63) is 5.01 Å². The van der Waals surface area contributed by atoms with Crippen LogP contribution in [0.2, 0.25) is 0 Å². The predicted molar refractivity (Wildman–Crippen MR) is 86.1 cm³/mol. The molecule has 158 valence electrons. The summed E-state index contributed by atoms with van der Waals surface area (Å²) in [5.41, 5.74) is -2.30. The van der Waals surface area contributed by atoms with Gasteiger partial charge in [0.2, 0.25) is 10.9 Å². The van der Waals surface area contributed by atoms with Gasteiger partial charge in [-0.1, -0.05) is 23.1 Å². The summed E-state index contributed by atoms with van der Waals surface area (Å²) in [6.45, 7) is -0.404. The van der Waals surface area contributed by atoms with Crippen molar-refractivity contribution in [2.45, 2.75) is 35.1 Å². The van der Waals surface area contributed by atoms with Crippen molar-refractivity contribution in [2.75, 3.05) is 12.4 Å². The molecule has 29 heavy (non-hydrogen) atoms. The van der Waals surface area contributed by atoms with E-state index in [0.717, 1.165) is 0 Å². The molecule has 0 bridgehead atoms. The second kappa shape index (κ2) is 7.75. The van der Waals surface area contributed by atoms with Gasteiger partial charge in [-0.25, -0.2) is 4.79 Å². The van der Waals surface area contributed by atoms with Crippen molar-refractivity contribution in [1.29, 1.82) is 0 Å². The van der Waals surface area contributed by atoms with E-state index < -0.39 is 53.3 Å². The lowest BCUT2D eigenvalue weighted by atomic mass is 10.1. The lowest BCUT2D eigenvalue weighted by molar-refractivity contribution is -0.256. The standard InChI is InChI=1S/C13H11F3N4O7S2/c14-13(15,16)9-18-19-11(29-9)28-4-6(21)17-5-3-26-20(8(5)23)12(10(24)25)2-1-7(22)27-12/h5H,1-4H2,(H,17,21)(H,24,25)/t5-,12?/m0/s1. The number of esters is 1. The molecule has 1 unspecified atom stereocenters. The van der Waals surface area contributed by atoms with E-state index in [1.54, 1.807) is 0 Å². The molecule has 3 rings (SSSR count). The number of carboxylic acid groups (broad SMARTS) is 1. The maximum absolute atomic E-state index is 12.5. The molecule has 0 saturated carbocycles. The fourth-order valence-corrected chi connectivity index (χ4v) is 4.03. The van der Waals surface area contributed by atoms with Crippen LogP contribution in [0, 0.1) is 0 Å². The van der Waals surface area contributed by atoms with Crippen molar-refractivity contribution >= 4 is 46.9 Å². The number of hydrogen-bond donors (Lipinski definition) is 2. The maximum Gasteiger partial charge on any atom is 0.445 e. The highest BCUT2D eigenvalue weighted by Crippen LogP contribution is 2.35. The number of alkyl halides is 3. The number of hydroxylamine groups is 2. The van der Waals surface area contributed by atoms with Gasteiger partial charge in [-0.2, -0.15) is 18.2 Å². The zero-order chi connectivity index (χ0) is 21.4. The molecular formula is C13H11F3N4O7S2. The van der Waals surface area contributed by atoms with E-state index >= 15 is 0 Å². The Morgan fingerprint density at radius 3 is 2.66 bits per heavy atom. The number of nitrogens with one attached hydrogen (secondary N) is 1. The molecule has 0 aliphatic carbocycles. The summed E-state index contributed by atoms with van der Waals surface area (Å²) in [5.74, 6) is -4.44. The smallest absolute Gasteiger partial charge is 0.445 e. The number of hydrogen-bond acceptors (Lipinski definition) is 10. The highest BCUT2D eigenvalue weighted by Gasteiger charge is 2.59. The lowest BCUT2D eigenvalue weighted by Gasteiger charge is -2.30. The quantitative estimate of drug-likeness (QED) is 0.443. The Balaban J connectivity index is 1.56. The Labute approximate surface area is 167 Å². The van der Waals surface area contributed by atoms with Crippen LogP contribution in [-0.2, 0) is 34.9 Å². The molecule has 2 aliphatic heterocycles. The van der Waals surface area contributed by atoms with Crippen molar-refractivity contribution < 1.29 is 47.0 Å². The first-order valence-electron chi connectivity index (χ1n) is 7.78. The second-order valence-electron chi connectivity index (χ2n) is 5.77. The molecular weight excluding hydrogens is 445 g/mol. The summed E-state index contributed by atoms with van der Waals surface area (Å²) >= 11 is 0.952. The van der Waals surface area contributed by atoms with Gasteiger partial charge in [-0.3, -0.25) is 19.2 Å². The first-order chi connectivity index (χ1) is 13.5. The molecule has 2 fully saturated rings. The number of aromatic nitrogens is 2. The number of aliphatic carboxylic acids is 1. The maximum atomic E-state index is 12.5. The fourth-order valence-electron chi connectivity index (χ4n) is 2.50. The minimum atomic E-state index is -4.64. The van der Waals surface area contributed by atoms with Gasteiger partial charge in [0.1, 0.15) is 12.6 Å². The number of nitrogens with zero attached hydrogens (tertiary/aromatic N) is 3. The van der Waals surface area contributed by atoms with Crippen LogP contribution >= 0.6 is 23.1 Å². The van der Waals surface area contributed by atoms with E-state index in [1.165, 1.54) is 0 Å². The Hall–Kier alpha value is -2.46. The topological polar surface area (TPSA) is 148 Å². The first kappa shape index (κ1) is 21.3. The second-order valence-corrected chi connectivity index (χ2v) is 7.97. The molecule has 2 aliphatic rings. The highest BCUT2D eigenvalue weighted by molar-refractivity contribution is 8.01. The van der Waals surface area contributed by atoms with Gasteiger partial charge >= 0.3 is 23.8 Å². The third kappa shape index (κ3) is 4.27. The number of carboxylic acids is 1. The summed E-state index contributed by atoms with van der Waals surface area (Å²) in [7, 11) is 0. The van der Waals surface area contributed by atoms with Crippen molar-refractivity contribution in [2.24, 2.45) is 0 Å². The number of carbonyl (C=O) groups excluding carboxylic acids is 3. The van der Waals surface area contributed by atoms with Crippen molar-refractivity contribution in [3.8, 4) is 0 Å². The van der Waals surface area contributed by atoms with Crippen LogP contribution in [0.4, 0.5) is 13.2 Å². The van der Waals surface area contributed by atoms with Crippen LogP contribution in [0.5, 0.6) is 0 Å². The molecule has 0 radical (unpaired) electrons. The molecule has 2 saturated heterocycles. The van der Waals surface area contributed by atoms with Gasteiger partial charge in [0.25, 0.3) is 5.91 Å². The summed E-state index contributed by atoms with van der Waals surface area (Å²) < 4.78 is 42.1. The van der Waals surface area contributed by atoms with Gasteiger partial charge in [-0.05, 0) is 0 Å². The molecule has 1 aromatic heterocycles. The summed E-state index contributed by atoms with van der Waals surface area (Å²) in [6.07, 6.45) is -5.18. The molecule has 0 aromatic carbocycles. The minimum absolute atomic E-state index is 0.0919. The van der Waals surface area contributed by atoms with Gasteiger partial charge < -0.3 is 15.2 Å². The SMILES string of the molecule is O=C(CSc1nnc(C(F)(F)F)s1)N[C@H]1CON(C2(C(=O)O)CCC(=O)O2)C1=O. The normalized spacial score (nSPS) is 24.7. The lowest BCUT2D eigenvalue weighted by Crippen LogP contribution is -2.56. The average Bonchev–Trinajstić information content (AvgIpc) is 3.33. The monoisotopic (exact) mass is 456 g/mol. The number of ether oxygens (including phenoxy) is 1. The zero-order valence-electron chi connectivity index (χ0n) is 14.1. The van der Waals surface area contributed by atoms with E-state index in [0.29, 0.717) is 16.8 Å². The third-order valence-corrected chi connectivity index (χ3v) is 5.89. The first-order valence-corrected chi connectivity index (χ1v) is 9.58. The minimum Gasteiger partial charge on any atom is -0.477 e. The highest BCUT2D eigenvalue weighted by atomic mass is 32.2. The zero-order valence-corrected chi connectivity index (χ0v) is 15.7. The third-order valence-electron chi connectivity index (χ3n) is 3.79. The van der Waals surface area contributed by atoms with Crippen LogP contribution in [-0.4, -0.2) is 68.2 Å². The van der Waals surface area contributed by atoms with Crippen LogP contribution in [0.3, 0.4) is 0 Å². The number of cyclic esters (lactones) is 1. The Morgan fingerprint density at radius 2 is 2.10 bits per heavy atom. The van der Waals surface area contributed by atoms with E-state index in [-0.39, 0.29) is 34.3 Å². The summed E-state index contributed by atoms with van der Waals surface area (Å²) in [5, 5.41) is 17.2. The molecule has 11 nitrogen and oxygen atoms in total. The van der Waals surface area contributed by atoms with Gasteiger partial charge in [0.05, 0.1) is 12.2 Å². The number of amides is 2. The van der Waals surface area contributed by atoms with Gasteiger partial charge in [0.15, 0.2) is 4.34 Å². The average molecular weight is 456 g/mol. The molecule has 16 heteroatoms. The molecule has 2 amide bonds. The number of halogens is 3. The van der Waals surface area contributed by atoms with Crippen LogP contribution < -0.4 is 5.32 Å². The largest absolute Gasteiger partial charge is 0.477 e. The van der Waals surface area contributed by atoms with E-state index in [9.17, 15) is 37.5 Å². The van der Waals surface area contributed by atoms with E-state index in [2.05, 4.69) is 15.5 Å². The van der Waals surface area contributed by atoms with Crippen LogP contribution in [0.25, 0.3) is 0 Å². The Bertz CT molecular complexity index is 864. The number of rotatable bonds is 6. The summed E-state index contributed by atoms with van der Waals surface area (Å²) in [4.78, 5) is 52.3. The van der Waals surface area contributed by atoms with Gasteiger partial charge in [0, 0.05) is 6.42 Å². The van der Waals surface area contributed by atoms with E-state index in [1.807, 2.05) is 0 Å². The predicted octanol–water partition coefficient (Wildman–Crippen LogP) is 0.0255. The van der Waals surface area contributed by atoms with Crippen LogP contribution in [0.15, 0.2) is 4.34 Å².